The number of rotatable bonds is 5. The van der Waals surface area contributed by atoms with Gasteiger partial charge in [-0.3, -0.25) is 9.59 Å². The Bertz CT molecular complexity index is 577. The highest BCUT2D eigenvalue weighted by atomic mass is 35.5. The van der Waals surface area contributed by atoms with Crippen LogP contribution in [0.4, 0.5) is 5.69 Å². The van der Waals surface area contributed by atoms with Crippen LogP contribution < -0.4 is 16.0 Å². The van der Waals surface area contributed by atoms with Crippen molar-refractivity contribution >= 4 is 29.9 Å². The van der Waals surface area contributed by atoms with Crippen LogP contribution in [0.5, 0.6) is 0 Å². The number of carbonyl (C=O) groups is 2. The van der Waals surface area contributed by atoms with Crippen molar-refractivity contribution in [3.8, 4) is 0 Å². The van der Waals surface area contributed by atoms with Gasteiger partial charge in [0.1, 0.15) is 0 Å². The summed E-state index contributed by atoms with van der Waals surface area (Å²) < 4.78 is 0. The molecule has 128 valence electrons. The zero-order chi connectivity index (χ0) is 16.3. The molecule has 0 atom stereocenters. The second kappa shape index (κ2) is 7.79. The summed E-state index contributed by atoms with van der Waals surface area (Å²) in [4.78, 5) is 25.8. The minimum absolute atomic E-state index is 0. The fourth-order valence-corrected chi connectivity index (χ4v) is 2.95. The van der Waals surface area contributed by atoms with Gasteiger partial charge >= 0.3 is 0 Å². The molecule has 0 saturated carbocycles. The minimum Gasteiger partial charge on any atom is -0.345 e. The topological polar surface area (TPSA) is 75.4 Å². The lowest BCUT2D eigenvalue weighted by molar-refractivity contribution is -0.116. The van der Waals surface area contributed by atoms with Crippen LogP contribution in [-0.4, -0.2) is 30.4 Å². The van der Waals surface area contributed by atoms with Crippen molar-refractivity contribution in [1.82, 2.24) is 5.32 Å². The number of hydrogen-bond acceptors (Lipinski definition) is 3. The number of fused-ring (bicyclic) bond motifs is 1. The Morgan fingerprint density at radius 1 is 1.30 bits per heavy atom. The number of nitrogens with one attached hydrogen (secondary N) is 1. The van der Waals surface area contributed by atoms with E-state index >= 15 is 0 Å². The van der Waals surface area contributed by atoms with Gasteiger partial charge in [-0.15, -0.1) is 12.4 Å². The number of nitrogens with two attached hydrogens (primary N) is 1. The van der Waals surface area contributed by atoms with Gasteiger partial charge in [-0.1, -0.05) is 13.8 Å². The van der Waals surface area contributed by atoms with Gasteiger partial charge < -0.3 is 16.0 Å². The van der Waals surface area contributed by atoms with Gasteiger partial charge in [-0.2, -0.15) is 0 Å². The standard InChI is InChI=1S/C17H25N3O2.ClH/c1-4-17(5-2,11-18)19-16(22)14-6-7-15-13(10-14)8-9-20(15)12(3)21;/h6-7,10H,4-5,8-9,11,18H2,1-3H3,(H,19,22);1H. The third kappa shape index (κ3) is 3.85. The Morgan fingerprint density at radius 3 is 2.48 bits per heavy atom. The number of benzene rings is 1. The quantitative estimate of drug-likeness (QED) is 0.864. The number of anilines is 1. The average molecular weight is 340 g/mol. The molecule has 1 heterocycles. The van der Waals surface area contributed by atoms with Crippen LogP contribution in [0.2, 0.25) is 0 Å². The van der Waals surface area contributed by atoms with Crippen molar-refractivity contribution in [2.75, 3.05) is 18.0 Å². The summed E-state index contributed by atoms with van der Waals surface area (Å²) in [5, 5.41) is 3.08. The first-order valence-corrected chi connectivity index (χ1v) is 7.90. The molecule has 1 aromatic rings. The summed E-state index contributed by atoms with van der Waals surface area (Å²) in [5.74, 6) is -0.0618. The molecule has 23 heavy (non-hydrogen) atoms. The number of carbonyl (C=O) groups excluding carboxylic acids is 2. The van der Waals surface area contributed by atoms with Gasteiger partial charge in [0, 0.05) is 31.3 Å². The van der Waals surface area contributed by atoms with E-state index < -0.39 is 0 Å². The van der Waals surface area contributed by atoms with E-state index in [1.165, 1.54) is 0 Å². The highest BCUT2D eigenvalue weighted by molar-refractivity contribution is 5.98. The Kier molecular flexibility index (Phi) is 6.59. The van der Waals surface area contributed by atoms with E-state index in [0.29, 0.717) is 18.7 Å². The smallest absolute Gasteiger partial charge is 0.251 e. The van der Waals surface area contributed by atoms with E-state index in [2.05, 4.69) is 5.32 Å². The molecule has 0 saturated heterocycles. The first-order chi connectivity index (χ1) is 10.5. The van der Waals surface area contributed by atoms with Crippen LogP contribution in [0.3, 0.4) is 0 Å². The molecule has 0 fully saturated rings. The molecule has 1 aliphatic heterocycles. The Balaban J connectivity index is 0.00000264. The fraction of sp³-hybridized carbons (Fsp3) is 0.529. The molecule has 0 aliphatic carbocycles. The summed E-state index contributed by atoms with van der Waals surface area (Å²) in [5.41, 5.74) is 8.09. The Morgan fingerprint density at radius 2 is 1.96 bits per heavy atom. The summed E-state index contributed by atoms with van der Waals surface area (Å²) in [7, 11) is 0. The molecule has 5 nitrogen and oxygen atoms in total. The second-order valence-corrected chi connectivity index (χ2v) is 5.91. The van der Waals surface area contributed by atoms with Crippen LogP contribution in [-0.2, 0) is 11.2 Å². The lowest BCUT2D eigenvalue weighted by Crippen LogP contribution is -2.52. The van der Waals surface area contributed by atoms with E-state index in [9.17, 15) is 9.59 Å². The molecule has 2 rings (SSSR count). The zero-order valence-corrected chi connectivity index (χ0v) is 14.8. The molecule has 0 radical (unpaired) electrons. The Labute approximate surface area is 144 Å². The zero-order valence-electron chi connectivity index (χ0n) is 14.0. The Hall–Kier alpha value is -1.59. The maximum atomic E-state index is 12.5. The number of halogens is 1. The number of amides is 2. The second-order valence-electron chi connectivity index (χ2n) is 5.91. The van der Waals surface area contributed by atoms with Crippen molar-refractivity contribution in [3.63, 3.8) is 0 Å². The van der Waals surface area contributed by atoms with Gasteiger partial charge in [-0.05, 0) is 43.0 Å². The highest BCUT2D eigenvalue weighted by Crippen LogP contribution is 2.29. The van der Waals surface area contributed by atoms with Crippen molar-refractivity contribution < 1.29 is 9.59 Å². The number of nitrogens with zero attached hydrogens (tertiary/aromatic N) is 1. The van der Waals surface area contributed by atoms with E-state index in [1.807, 2.05) is 26.0 Å². The molecule has 2 amide bonds. The molecular formula is C17H26ClN3O2. The van der Waals surface area contributed by atoms with Crippen LogP contribution in [0.25, 0.3) is 0 Å². The molecule has 3 N–H and O–H groups in total. The summed E-state index contributed by atoms with van der Waals surface area (Å²) in [6.07, 6.45) is 2.39. The predicted molar refractivity (Wildman–Crippen MR) is 95.3 cm³/mol. The van der Waals surface area contributed by atoms with E-state index in [-0.39, 0.29) is 29.8 Å². The van der Waals surface area contributed by atoms with Crippen molar-refractivity contribution in [2.24, 2.45) is 5.73 Å². The molecule has 1 aromatic carbocycles. The monoisotopic (exact) mass is 339 g/mol. The van der Waals surface area contributed by atoms with Gasteiger partial charge in [0.05, 0.1) is 5.54 Å². The van der Waals surface area contributed by atoms with Gasteiger partial charge in [0.15, 0.2) is 0 Å². The van der Waals surface area contributed by atoms with Gasteiger partial charge in [0.2, 0.25) is 5.91 Å². The molecule has 0 spiro atoms. The normalized spacial score (nSPS) is 13.3. The molecule has 0 unspecified atom stereocenters. The molecular weight excluding hydrogens is 314 g/mol. The predicted octanol–water partition coefficient (Wildman–Crippen LogP) is 2.26. The first kappa shape index (κ1) is 19.5. The van der Waals surface area contributed by atoms with E-state index in [4.69, 9.17) is 5.73 Å². The number of hydrogen-bond donors (Lipinski definition) is 2. The third-order valence-corrected chi connectivity index (χ3v) is 4.74. The van der Waals surface area contributed by atoms with Crippen molar-refractivity contribution in [2.45, 2.75) is 45.6 Å². The largest absolute Gasteiger partial charge is 0.345 e. The first-order valence-electron chi connectivity index (χ1n) is 7.90. The van der Waals surface area contributed by atoms with Crippen LogP contribution in [0, 0.1) is 0 Å². The van der Waals surface area contributed by atoms with Crippen LogP contribution in [0.15, 0.2) is 18.2 Å². The SMILES string of the molecule is CCC(CC)(CN)NC(=O)c1ccc2c(c1)CCN2C(C)=O.Cl. The minimum atomic E-state index is -0.346. The molecule has 1 aliphatic rings. The van der Waals surface area contributed by atoms with Crippen LogP contribution >= 0.6 is 12.4 Å². The lowest BCUT2D eigenvalue weighted by atomic mass is 9.92. The lowest BCUT2D eigenvalue weighted by Gasteiger charge is -2.31. The maximum Gasteiger partial charge on any atom is 0.251 e. The summed E-state index contributed by atoms with van der Waals surface area (Å²) >= 11 is 0. The fourth-order valence-electron chi connectivity index (χ4n) is 2.95. The third-order valence-electron chi connectivity index (χ3n) is 4.74. The summed E-state index contributed by atoms with van der Waals surface area (Å²) in [6.45, 7) is 6.74. The summed E-state index contributed by atoms with van der Waals surface area (Å²) in [6, 6.07) is 5.53. The molecule has 6 heteroatoms. The van der Waals surface area contributed by atoms with Gasteiger partial charge in [0.25, 0.3) is 5.91 Å². The van der Waals surface area contributed by atoms with Crippen LogP contribution in [0.1, 0.15) is 49.5 Å². The van der Waals surface area contributed by atoms with E-state index in [1.54, 1.807) is 17.9 Å². The van der Waals surface area contributed by atoms with E-state index in [0.717, 1.165) is 30.5 Å². The highest BCUT2D eigenvalue weighted by Gasteiger charge is 2.28. The maximum absolute atomic E-state index is 12.5. The van der Waals surface area contributed by atoms with Gasteiger partial charge in [-0.25, -0.2) is 0 Å². The molecule has 0 bridgehead atoms. The average Bonchev–Trinajstić information content (AvgIpc) is 2.95. The van der Waals surface area contributed by atoms with Crippen molar-refractivity contribution in [1.29, 1.82) is 0 Å². The van der Waals surface area contributed by atoms with Crippen molar-refractivity contribution in [3.05, 3.63) is 29.3 Å². The molecule has 0 aromatic heterocycles.